The summed E-state index contributed by atoms with van der Waals surface area (Å²) in [6, 6.07) is 0. The number of esters is 2. The maximum Gasteiger partial charge on any atom is 0.338 e. The van der Waals surface area contributed by atoms with Gasteiger partial charge >= 0.3 is 11.9 Å². The predicted molar refractivity (Wildman–Crippen MR) is 30.8 cm³/mol. The summed E-state index contributed by atoms with van der Waals surface area (Å²) >= 11 is 0. The van der Waals surface area contributed by atoms with E-state index in [1.54, 1.807) is 6.82 Å². The first-order chi connectivity index (χ1) is 4.24. The monoisotopic (exact) mass is 123 g/mol. The number of carbonyl (C=O) groups is 2. The van der Waals surface area contributed by atoms with E-state index in [0.717, 1.165) is 0 Å². The third kappa shape index (κ3) is 1.01. The summed E-state index contributed by atoms with van der Waals surface area (Å²) in [6.45, 7) is 1.67. The normalized spacial score (nSPS) is 17.2. The lowest BCUT2D eigenvalue weighted by Gasteiger charge is -1.87. The number of hydrogen-bond donors (Lipinski definition) is 0. The van der Waals surface area contributed by atoms with Crippen LogP contribution in [-0.2, 0) is 14.3 Å². The molecule has 0 aliphatic carbocycles. The summed E-state index contributed by atoms with van der Waals surface area (Å²) in [6.07, 6.45) is 1.17. The fraction of sp³-hybridized carbons (Fsp3) is 0.200. The molecule has 0 spiro atoms. The minimum Gasteiger partial charge on any atom is -0.387 e. The second-order valence-corrected chi connectivity index (χ2v) is 1.60. The summed E-state index contributed by atoms with van der Waals surface area (Å²) in [5.41, 5.74) is 0.333. The molecule has 1 aliphatic rings. The standard InChI is InChI=1S/C5H4BO3/c1-6-3-2-4(7)9-5(3)8/h2H,1H3. The second-order valence-electron chi connectivity index (χ2n) is 1.60. The Morgan fingerprint density at radius 3 is 2.44 bits per heavy atom. The van der Waals surface area contributed by atoms with Gasteiger partial charge in [0.15, 0.2) is 7.28 Å². The minimum absolute atomic E-state index is 0.333. The number of cyclic esters (lactones) is 2. The molecule has 0 bridgehead atoms. The van der Waals surface area contributed by atoms with Crippen LogP contribution in [0.15, 0.2) is 11.5 Å². The second kappa shape index (κ2) is 2.05. The van der Waals surface area contributed by atoms with Crippen LogP contribution in [-0.4, -0.2) is 19.2 Å². The first-order valence-corrected chi connectivity index (χ1v) is 2.51. The van der Waals surface area contributed by atoms with E-state index in [4.69, 9.17) is 0 Å². The zero-order valence-electron chi connectivity index (χ0n) is 4.88. The van der Waals surface area contributed by atoms with Gasteiger partial charge in [-0.15, -0.1) is 0 Å². The molecule has 0 aromatic rings. The number of hydrogen-bond acceptors (Lipinski definition) is 3. The summed E-state index contributed by atoms with van der Waals surface area (Å²) < 4.78 is 4.16. The molecule has 1 rings (SSSR count). The van der Waals surface area contributed by atoms with Crippen LogP contribution in [0.2, 0.25) is 6.82 Å². The van der Waals surface area contributed by atoms with E-state index in [-0.39, 0.29) is 0 Å². The third-order valence-electron chi connectivity index (χ3n) is 1.01. The molecule has 0 unspecified atom stereocenters. The molecule has 0 amide bonds. The highest BCUT2D eigenvalue weighted by atomic mass is 16.6. The summed E-state index contributed by atoms with van der Waals surface area (Å²) in [4.78, 5) is 20.8. The van der Waals surface area contributed by atoms with Crippen LogP contribution in [0, 0.1) is 0 Å². The Hall–Kier alpha value is -1.06. The highest BCUT2D eigenvalue weighted by Crippen LogP contribution is 2.05. The molecule has 0 atom stereocenters. The van der Waals surface area contributed by atoms with Crippen LogP contribution in [0.4, 0.5) is 0 Å². The van der Waals surface area contributed by atoms with Crippen LogP contribution < -0.4 is 0 Å². The lowest BCUT2D eigenvalue weighted by Crippen LogP contribution is -2.04. The van der Waals surface area contributed by atoms with Crippen LogP contribution in [0.5, 0.6) is 0 Å². The maximum absolute atomic E-state index is 10.5. The van der Waals surface area contributed by atoms with Gasteiger partial charge < -0.3 is 4.74 Å². The van der Waals surface area contributed by atoms with Crippen molar-refractivity contribution in [3.63, 3.8) is 0 Å². The molecule has 0 aromatic carbocycles. The van der Waals surface area contributed by atoms with Gasteiger partial charge in [-0.25, -0.2) is 9.59 Å². The molecule has 4 heteroatoms. The molecule has 45 valence electrons. The number of rotatable bonds is 1. The van der Waals surface area contributed by atoms with E-state index in [0.29, 0.717) is 5.47 Å². The van der Waals surface area contributed by atoms with Gasteiger partial charge in [-0.05, 0) is 0 Å². The van der Waals surface area contributed by atoms with Gasteiger partial charge in [0.25, 0.3) is 0 Å². The summed E-state index contributed by atoms with van der Waals surface area (Å²) in [5.74, 6) is -1.13. The molecule has 3 nitrogen and oxygen atoms in total. The predicted octanol–water partition coefficient (Wildman–Crippen LogP) is -0.294. The lowest BCUT2D eigenvalue weighted by atomic mass is 9.73. The third-order valence-corrected chi connectivity index (χ3v) is 1.01. The van der Waals surface area contributed by atoms with Crippen molar-refractivity contribution in [1.29, 1.82) is 0 Å². The molecule has 1 radical (unpaired) electrons. The van der Waals surface area contributed by atoms with Crippen molar-refractivity contribution in [2.45, 2.75) is 6.82 Å². The summed E-state index contributed by atoms with van der Waals surface area (Å²) in [7, 11) is 1.53. The van der Waals surface area contributed by atoms with Crippen molar-refractivity contribution < 1.29 is 14.3 Å². The van der Waals surface area contributed by atoms with Gasteiger partial charge in [-0.1, -0.05) is 6.82 Å². The fourth-order valence-corrected chi connectivity index (χ4v) is 0.567. The lowest BCUT2D eigenvalue weighted by molar-refractivity contribution is -0.150. The van der Waals surface area contributed by atoms with Crippen molar-refractivity contribution in [1.82, 2.24) is 0 Å². The molecular weight excluding hydrogens is 119 g/mol. The molecule has 0 aromatic heterocycles. The first kappa shape index (κ1) is 6.07. The molecule has 0 fully saturated rings. The number of ether oxygens (including phenoxy) is 1. The first-order valence-electron chi connectivity index (χ1n) is 2.51. The zero-order chi connectivity index (χ0) is 6.85. The van der Waals surface area contributed by atoms with Crippen LogP contribution in [0.1, 0.15) is 0 Å². The van der Waals surface area contributed by atoms with E-state index < -0.39 is 11.9 Å². The maximum atomic E-state index is 10.5. The van der Waals surface area contributed by atoms with Crippen molar-refractivity contribution in [2.75, 3.05) is 0 Å². The molecule has 1 aliphatic heterocycles. The largest absolute Gasteiger partial charge is 0.387 e. The fourth-order valence-electron chi connectivity index (χ4n) is 0.567. The Balaban J connectivity index is 2.80. The Kier molecular flexibility index (Phi) is 1.38. The molecule has 0 N–H and O–H groups in total. The Morgan fingerprint density at radius 2 is 2.22 bits per heavy atom. The van der Waals surface area contributed by atoms with Gasteiger partial charge in [0.05, 0.1) is 0 Å². The van der Waals surface area contributed by atoms with E-state index in [9.17, 15) is 9.59 Å². The van der Waals surface area contributed by atoms with Gasteiger partial charge in [-0.3, -0.25) is 0 Å². The Bertz CT molecular complexity index is 194. The Morgan fingerprint density at radius 1 is 1.56 bits per heavy atom. The highest BCUT2D eigenvalue weighted by Gasteiger charge is 2.21. The van der Waals surface area contributed by atoms with Gasteiger partial charge in [0.2, 0.25) is 0 Å². The topological polar surface area (TPSA) is 43.4 Å². The van der Waals surface area contributed by atoms with Gasteiger partial charge in [0.1, 0.15) is 0 Å². The molecule has 1 heterocycles. The minimum atomic E-state index is -0.576. The van der Waals surface area contributed by atoms with Crippen molar-refractivity contribution in [3.8, 4) is 0 Å². The molecule has 9 heavy (non-hydrogen) atoms. The van der Waals surface area contributed by atoms with Gasteiger partial charge in [0, 0.05) is 11.5 Å². The van der Waals surface area contributed by atoms with E-state index >= 15 is 0 Å². The van der Waals surface area contributed by atoms with Crippen LogP contribution in [0.3, 0.4) is 0 Å². The average molecular weight is 123 g/mol. The molecular formula is C5H4BO3. The van der Waals surface area contributed by atoms with Crippen molar-refractivity contribution >= 4 is 19.2 Å². The van der Waals surface area contributed by atoms with E-state index in [1.807, 2.05) is 0 Å². The van der Waals surface area contributed by atoms with Crippen LogP contribution >= 0.6 is 0 Å². The van der Waals surface area contributed by atoms with Crippen LogP contribution in [0.25, 0.3) is 0 Å². The summed E-state index contributed by atoms with van der Waals surface area (Å²) in [5, 5.41) is 0. The van der Waals surface area contributed by atoms with Gasteiger partial charge in [-0.2, -0.15) is 0 Å². The molecule has 0 saturated carbocycles. The SMILES string of the molecule is C[B]C1=CC(=O)OC1=O. The average Bonchev–Trinajstić information content (AvgIpc) is 2.10. The quantitative estimate of drug-likeness (QED) is 0.273. The molecule has 0 saturated heterocycles. The van der Waals surface area contributed by atoms with Crippen molar-refractivity contribution in [3.05, 3.63) is 11.5 Å². The number of carbonyl (C=O) groups excluding carboxylic acids is 2. The van der Waals surface area contributed by atoms with Crippen molar-refractivity contribution in [2.24, 2.45) is 0 Å². The smallest absolute Gasteiger partial charge is 0.338 e. The Labute approximate surface area is 52.9 Å². The zero-order valence-corrected chi connectivity index (χ0v) is 4.88. The van der Waals surface area contributed by atoms with E-state index in [1.165, 1.54) is 13.4 Å². The van der Waals surface area contributed by atoms with E-state index in [2.05, 4.69) is 4.74 Å². The highest BCUT2D eigenvalue weighted by molar-refractivity contribution is 6.54.